The molecule has 0 amide bonds. The van der Waals surface area contributed by atoms with Crippen molar-refractivity contribution in [1.82, 2.24) is 0 Å². The molecule has 3 heteroatoms. The molecule has 1 atom stereocenters. The summed E-state index contributed by atoms with van der Waals surface area (Å²) >= 11 is 0. The second-order valence-electron chi connectivity index (χ2n) is 4.50. The van der Waals surface area contributed by atoms with Crippen molar-refractivity contribution >= 4 is 16.7 Å². The maximum absolute atomic E-state index is 10.5. The van der Waals surface area contributed by atoms with Crippen molar-refractivity contribution in [2.24, 2.45) is 5.73 Å². The quantitative estimate of drug-likeness (QED) is 0.848. The Bertz CT molecular complexity index is 551. The van der Waals surface area contributed by atoms with Crippen LogP contribution in [0.3, 0.4) is 0 Å². The maximum Gasteiger partial charge on any atom is 0.303 e. The summed E-state index contributed by atoms with van der Waals surface area (Å²) in [4.78, 5) is 10.5. The lowest BCUT2D eigenvalue weighted by Gasteiger charge is -2.12. The summed E-state index contributed by atoms with van der Waals surface area (Å²) < 4.78 is 0. The lowest BCUT2D eigenvalue weighted by molar-refractivity contribution is -0.137. The van der Waals surface area contributed by atoms with Crippen molar-refractivity contribution in [2.75, 3.05) is 0 Å². The normalized spacial score (nSPS) is 12.5. The molecule has 0 aliphatic heterocycles. The number of hydrogen-bond donors (Lipinski definition) is 2. The van der Waals surface area contributed by atoms with Gasteiger partial charge < -0.3 is 10.8 Å². The Hall–Kier alpha value is -1.87. The van der Waals surface area contributed by atoms with E-state index >= 15 is 0 Å². The molecule has 2 rings (SSSR count). The van der Waals surface area contributed by atoms with E-state index in [-0.39, 0.29) is 12.5 Å². The van der Waals surface area contributed by atoms with Crippen molar-refractivity contribution in [3.8, 4) is 0 Å². The van der Waals surface area contributed by atoms with E-state index in [2.05, 4.69) is 24.3 Å². The van der Waals surface area contributed by atoms with Crippen LogP contribution in [0.4, 0.5) is 0 Å². The van der Waals surface area contributed by atoms with Crippen LogP contribution in [-0.4, -0.2) is 11.1 Å². The van der Waals surface area contributed by atoms with E-state index in [1.807, 2.05) is 18.2 Å². The van der Waals surface area contributed by atoms with E-state index < -0.39 is 5.97 Å². The predicted molar refractivity (Wildman–Crippen MR) is 72.4 cm³/mol. The fourth-order valence-corrected chi connectivity index (χ4v) is 2.08. The number of rotatable bonds is 5. The van der Waals surface area contributed by atoms with Gasteiger partial charge >= 0.3 is 5.97 Å². The van der Waals surface area contributed by atoms with Gasteiger partial charge in [-0.3, -0.25) is 4.79 Å². The molecule has 0 saturated carbocycles. The first-order valence-corrected chi connectivity index (χ1v) is 6.13. The second-order valence-corrected chi connectivity index (χ2v) is 4.50. The fourth-order valence-electron chi connectivity index (χ4n) is 2.08. The molecule has 0 spiro atoms. The SMILES string of the molecule is NC(CCCC(=O)O)c1ccc2ccccc2c1. The van der Waals surface area contributed by atoms with E-state index in [1.54, 1.807) is 0 Å². The summed E-state index contributed by atoms with van der Waals surface area (Å²) in [5, 5.41) is 11.0. The molecule has 0 bridgehead atoms. The van der Waals surface area contributed by atoms with E-state index in [4.69, 9.17) is 10.8 Å². The lowest BCUT2D eigenvalue weighted by Crippen LogP contribution is -2.10. The van der Waals surface area contributed by atoms with Crippen LogP contribution >= 0.6 is 0 Å². The molecule has 0 aliphatic carbocycles. The van der Waals surface area contributed by atoms with E-state index in [1.165, 1.54) is 10.8 Å². The monoisotopic (exact) mass is 243 g/mol. The van der Waals surface area contributed by atoms with Gasteiger partial charge in [0.25, 0.3) is 0 Å². The number of carboxylic acid groups (broad SMARTS) is 1. The van der Waals surface area contributed by atoms with Gasteiger partial charge in [0.05, 0.1) is 0 Å². The Balaban J connectivity index is 2.08. The number of fused-ring (bicyclic) bond motifs is 1. The number of aliphatic carboxylic acids is 1. The van der Waals surface area contributed by atoms with E-state index in [0.717, 1.165) is 5.56 Å². The Morgan fingerprint density at radius 2 is 1.89 bits per heavy atom. The van der Waals surface area contributed by atoms with Crippen molar-refractivity contribution in [3.05, 3.63) is 48.0 Å². The van der Waals surface area contributed by atoms with Crippen LogP contribution in [0.5, 0.6) is 0 Å². The molecule has 3 N–H and O–H groups in total. The van der Waals surface area contributed by atoms with Crippen LogP contribution in [0.1, 0.15) is 30.9 Å². The van der Waals surface area contributed by atoms with Gasteiger partial charge in [0.1, 0.15) is 0 Å². The molecule has 94 valence electrons. The summed E-state index contributed by atoms with van der Waals surface area (Å²) in [6.07, 6.45) is 1.50. The van der Waals surface area contributed by atoms with Crippen LogP contribution < -0.4 is 5.73 Å². The fraction of sp³-hybridized carbons (Fsp3) is 0.267. The van der Waals surface area contributed by atoms with Crippen LogP contribution in [0, 0.1) is 0 Å². The molecule has 0 radical (unpaired) electrons. The van der Waals surface area contributed by atoms with Gasteiger partial charge in [0.15, 0.2) is 0 Å². The van der Waals surface area contributed by atoms with Gasteiger partial charge in [-0.2, -0.15) is 0 Å². The molecule has 0 fully saturated rings. The van der Waals surface area contributed by atoms with Crippen LogP contribution in [0.15, 0.2) is 42.5 Å². The second kappa shape index (κ2) is 5.65. The number of nitrogens with two attached hydrogens (primary N) is 1. The van der Waals surface area contributed by atoms with Crippen molar-refractivity contribution in [1.29, 1.82) is 0 Å². The largest absolute Gasteiger partial charge is 0.481 e. The van der Waals surface area contributed by atoms with E-state index in [9.17, 15) is 4.79 Å². The van der Waals surface area contributed by atoms with Crippen LogP contribution in [0.25, 0.3) is 10.8 Å². The smallest absolute Gasteiger partial charge is 0.303 e. The highest BCUT2D eigenvalue weighted by Gasteiger charge is 2.07. The van der Waals surface area contributed by atoms with Gasteiger partial charge in [-0.15, -0.1) is 0 Å². The van der Waals surface area contributed by atoms with Crippen molar-refractivity contribution < 1.29 is 9.90 Å². The highest BCUT2D eigenvalue weighted by molar-refractivity contribution is 5.83. The zero-order valence-corrected chi connectivity index (χ0v) is 10.2. The van der Waals surface area contributed by atoms with Gasteiger partial charge in [0.2, 0.25) is 0 Å². The number of carboxylic acids is 1. The zero-order valence-electron chi connectivity index (χ0n) is 10.2. The van der Waals surface area contributed by atoms with Gasteiger partial charge in [-0.1, -0.05) is 36.4 Å². The molecule has 2 aromatic rings. The van der Waals surface area contributed by atoms with Crippen LogP contribution in [-0.2, 0) is 4.79 Å². The first kappa shape index (κ1) is 12.6. The minimum atomic E-state index is -0.763. The third-order valence-electron chi connectivity index (χ3n) is 3.11. The van der Waals surface area contributed by atoms with Gasteiger partial charge in [-0.25, -0.2) is 0 Å². The van der Waals surface area contributed by atoms with Crippen molar-refractivity contribution in [3.63, 3.8) is 0 Å². The molecule has 3 nitrogen and oxygen atoms in total. The molecular weight excluding hydrogens is 226 g/mol. The molecule has 0 aromatic heterocycles. The molecule has 1 unspecified atom stereocenters. The van der Waals surface area contributed by atoms with Crippen LogP contribution in [0.2, 0.25) is 0 Å². The summed E-state index contributed by atoms with van der Waals surface area (Å²) in [5.41, 5.74) is 7.15. The summed E-state index contributed by atoms with van der Waals surface area (Å²) in [6.45, 7) is 0. The third kappa shape index (κ3) is 3.08. The molecule has 0 heterocycles. The van der Waals surface area contributed by atoms with Crippen molar-refractivity contribution in [2.45, 2.75) is 25.3 Å². The molecule has 2 aromatic carbocycles. The number of carbonyl (C=O) groups is 1. The average molecular weight is 243 g/mol. The first-order valence-electron chi connectivity index (χ1n) is 6.13. The number of benzene rings is 2. The summed E-state index contributed by atoms with van der Waals surface area (Å²) in [7, 11) is 0. The summed E-state index contributed by atoms with van der Waals surface area (Å²) in [6, 6.07) is 14.2. The topological polar surface area (TPSA) is 63.3 Å². The minimum absolute atomic E-state index is 0.0889. The standard InChI is InChI=1S/C15H17NO2/c16-14(6-3-7-15(17)18)13-9-8-11-4-1-2-5-12(11)10-13/h1-2,4-5,8-10,14H,3,6-7,16H2,(H,17,18). The average Bonchev–Trinajstić information content (AvgIpc) is 2.37. The highest BCUT2D eigenvalue weighted by atomic mass is 16.4. The maximum atomic E-state index is 10.5. The minimum Gasteiger partial charge on any atom is -0.481 e. The van der Waals surface area contributed by atoms with Gasteiger partial charge in [0, 0.05) is 12.5 Å². The molecule has 18 heavy (non-hydrogen) atoms. The molecule has 0 aliphatic rings. The first-order chi connectivity index (χ1) is 8.66. The molecule has 0 saturated heterocycles. The summed E-state index contributed by atoms with van der Waals surface area (Å²) in [5.74, 6) is -0.763. The number of hydrogen-bond acceptors (Lipinski definition) is 2. The van der Waals surface area contributed by atoms with Gasteiger partial charge in [-0.05, 0) is 35.2 Å². The Morgan fingerprint density at radius 1 is 1.17 bits per heavy atom. The predicted octanol–water partition coefficient (Wildman–Crippen LogP) is 3.09. The van der Waals surface area contributed by atoms with E-state index in [0.29, 0.717) is 12.8 Å². The lowest BCUT2D eigenvalue weighted by atomic mass is 9.99. The Labute approximate surface area is 106 Å². The zero-order chi connectivity index (χ0) is 13.0. The third-order valence-corrected chi connectivity index (χ3v) is 3.11. The Kier molecular flexibility index (Phi) is 3.95. The highest BCUT2D eigenvalue weighted by Crippen LogP contribution is 2.22. The molecular formula is C15H17NO2. The Morgan fingerprint density at radius 3 is 2.61 bits per heavy atom.